The SMILES string of the molecule is C#CCNS(=O)(=O)c1ccc(C(=O)N(C)Cc2ccccc2)cc1. The molecule has 0 radical (unpaired) electrons. The second-order valence-electron chi connectivity index (χ2n) is 5.20. The highest BCUT2D eigenvalue weighted by Gasteiger charge is 2.16. The van der Waals surface area contributed by atoms with E-state index in [1.54, 1.807) is 11.9 Å². The monoisotopic (exact) mass is 342 g/mol. The van der Waals surface area contributed by atoms with Gasteiger partial charge in [-0.15, -0.1) is 6.42 Å². The largest absolute Gasteiger partial charge is 0.337 e. The zero-order valence-electron chi connectivity index (χ0n) is 13.3. The first-order chi connectivity index (χ1) is 11.4. The van der Waals surface area contributed by atoms with Gasteiger partial charge in [0, 0.05) is 19.2 Å². The number of nitrogens with zero attached hydrogens (tertiary/aromatic N) is 1. The van der Waals surface area contributed by atoms with E-state index in [1.165, 1.54) is 24.3 Å². The minimum Gasteiger partial charge on any atom is -0.337 e. The lowest BCUT2D eigenvalue weighted by Crippen LogP contribution is -2.26. The van der Waals surface area contributed by atoms with Crippen LogP contribution in [0.4, 0.5) is 0 Å². The number of nitrogens with one attached hydrogen (secondary N) is 1. The Hall–Kier alpha value is -2.62. The van der Waals surface area contributed by atoms with Crippen LogP contribution in [0.1, 0.15) is 15.9 Å². The van der Waals surface area contributed by atoms with Gasteiger partial charge in [0.1, 0.15) is 0 Å². The van der Waals surface area contributed by atoms with Gasteiger partial charge in [0.2, 0.25) is 10.0 Å². The lowest BCUT2D eigenvalue weighted by atomic mass is 10.1. The lowest BCUT2D eigenvalue weighted by molar-refractivity contribution is 0.0785. The van der Waals surface area contributed by atoms with Crippen LogP contribution >= 0.6 is 0 Å². The van der Waals surface area contributed by atoms with Crippen molar-refractivity contribution in [3.05, 3.63) is 65.7 Å². The summed E-state index contributed by atoms with van der Waals surface area (Å²) >= 11 is 0. The van der Waals surface area contributed by atoms with E-state index in [-0.39, 0.29) is 17.3 Å². The molecule has 0 aromatic heterocycles. The van der Waals surface area contributed by atoms with E-state index in [0.717, 1.165) is 5.56 Å². The molecule has 0 spiro atoms. The summed E-state index contributed by atoms with van der Waals surface area (Å²) in [5.74, 6) is 2.03. The molecule has 0 fully saturated rings. The molecular formula is C18H18N2O3S. The fourth-order valence-electron chi connectivity index (χ4n) is 2.15. The van der Waals surface area contributed by atoms with Crippen molar-refractivity contribution >= 4 is 15.9 Å². The van der Waals surface area contributed by atoms with Gasteiger partial charge >= 0.3 is 0 Å². The Bertz CT molecular complexity index is 838. The fourth-order valence-corrected chi connectivity index (χ4v) is 3.08. The normalized spacial score (nSPS) is 10.8. The van der Waals surface area contributed by atoms with Gasteiger partial charge in [-0.1, -0.05) is 36.3 Å². The summed E-state index contributed by atoms with van der Waals surface area (Å²) in [6.45, 7) is 0.395. The van der Waals surface area contributed by atoms with Crippen molar-refractivity contribution in [3.8, 4) is 12.3 Å². The highest BCUT2D eigenvalue weighted by Crippen LogP contribution is 2.13. The van der Waals surface area contributed by atoms with Crippen molar-refractivity contribution < 1.29 is 13.2 Å². The molecule has 0 atom stereocenters. The summed E-state index contributed by atoms with van der Waals surface area (Å²) in [6.07, 6.45) is 5.05. The minimum atomic E-state index is -3.65. The van der Waals surface area contributed by atoms with Gasteiger partial charge in [0.05, 0.1) is 11.4 Å². The second-order valence-corrected chi connectivity index (χ2v) is 6.97. The van der Waals surface area contributed by atoms with Crippen molar-refractivity contribution in [1.82, 2.24) is 9.62 Å². The molecule has 6 heteroatoms. The van der Waals surface area contributed by atoms with Gasteiger partial charge in [0.25, 0.3) is 5.91 Å². The zero-order valence-corrected chi connectivity index (χ0v) is 14.1. The third kappa shape index (κ3) is 4.44. The second kappa shape index (κ2) is 7.77. The molecular weight excluding hydrogens is 324 g/mol. The summed E-state index contributed by atoms with van der Waals surface area (Å²) in [7, 11) is -1.95. The van der Waals surface area contributed by atoms with Crippen molar-refractivity contribution in [1.29, 1.82) is 0 Å². The summed E-state index contributed by atoms with van der Waals surface area (Å²) in [6, 6.07) is 15.4. The van der Waals surface area contributed by atoms with Crippen molar-refractivity contribution in [2.45, 2.75) is 11.4 Å². The van der Waals surface area contributed by atoms with E-state index in [0.29, 0.717) is 12.1 Å². The molecule has 24 heavy (non-hydrogen) atoms. The summed E-state index contributed by atoms with van der Waals surface area (Å²) in [5.41, 5.74) is 1.44. The molecule has 1 amide bonds. The number of amides is 1. The van der Waals surface area contributed by atoms with E-state index in [1.807, 2.05) is 30.3 Å². The molecule has 0 aliphatic rings. The van der Waals surface area contributed by atoms with E-state index in [9.17, 15) is 13.2 Å². The molecule has 0 aliphatic heterocycles. The molecule has 5 nitrogen and oxygen atoms in total. The first kappa shape index (κ1) is 17.7. The quantitative estimate of drug-likeness (QED) is 0.815. The first-order valence-electron chi connectivity index (χ1n) is 7.26. The van der Waals surface area contributed by atoms with Gasteiger partial charge in [-0.25, -0.2) is 8.42 Å². The van der Waals surface area contributed by atoms with Crippen LogP contribution in [-0.4, -0.2) is 32.8 Å². The molecule has 2 rings (SSSR count). The topological polar surface area (TPSA) is 66.5 Å². The molecule has 1 N–H and O–H groups in total. The predicted octanol–water partition coefficient (Wildman–Crippen LogP) is 1.87. The van der Waals surface area contributed by atoms with Crippen molar-refractivity contribution in [3.63, 3.8) is 0 Å². The number of terminal acetylenes is 1. The molecule has 2 aromatic rings. The van der Waals surface area contributed by atoms with Gasteiger partial charge in [-0.3, -0.25) is 4.79 Å². The van der Waals surface area contributed by atoms with E-state index in [4.69, 9.17) is 6.42 Å². The van der Waals surface area contributed by atoms with Gasteiger partial charge < -0.3 is 4.90 Å². The van der Waals surface area contributed by atoms with Crippen molar-refractivity contribution in [2.24, 2.45) is 0 Å². The third-order valence-corrected chi connectivity index (χ3v) is 4.80. The first-order valence-corrected chi connectivity index (χ1v) is 8.75. The predicted molar refractivity (Wildman–Crippen MR) is 92.7 cm³/mol. The van der Waals surface area contributed by atoms with Crippen LogP contribution in [0.5, 0.6) is 0 Å². The molecule has 0 unspecified atom stereocenters. The van der Waals surface area contributed by atoms with Crippen LogP contribution < -0.4 is 4.72 Å². The highest BCUT2D eigenvalue weighted by molar-refractivity contribution is 7.89. The number of hydrogen-bond donors (Lipinski definition) is 1. The minimum absolute atomic E-state index is 0.0695. The third-order valence-electron chi connectivity index (χ3n) is 3.39. The summed E-state index contributed by atoms with van der Waals surface area (Å²) in [5, 5.41) is 0. The van der Waals surface area contributed by atoms with Gasteiger partial charge in [-0.05, 0) is 29.8 Å². The van der Waals surface area contributed by atoms with Crippen LogP contribution in [0, 0.1) is 12.3 Å². The summed E-state index contributed by atoms with van der Waals surface area (Å²) in [4.78, 5) is 14.1. The Morgan fingerprint density at radius 1 is 1.12 bits per heavy atom. The Morgan fingerprint density at radius 3 is 2.33 bits per heavy atom. The Labute approximate surface area is 142 Å². The number of rotatable bonds is 6. The average Bonchev–Trinajstić information content (AvgIpc) is 2.60. The standard InChI is InChI=1S/C18H18N2O3S/c1-3-13-19-24(22,23)17-11-9-16(10-12-17)18(21)20(2)14-15-7-5-4-6-8-15/h1,4-12,19H,13-14H2,2H3. The van der Waals surface area contributed by atoms with E-state index < -0.39 is 10.0 Å². The number of carbonyl (C=O) groups is 1. The highest BCUT2D eigenvalue weighted by atomic mass is 32.2. The van der Waals surface area contributed by atoms with Crippen LogP contribution in [-0.2, 0) is 16.6 Å². The molecule has 0 heterocycles. The van der Waals surface area contributed by atoms with E-state index >= 15 is 0 Å². The van der Waals surface area contributed by atoms with Crippen LogP contribution in [0.15, 0.2) is 59.5 Å². The number of carbonyl (C=O) groups excluding carboxylic acids is 1. The maximum atomic E-state index is 12.4. The van der Waals surface area contributed by atoms with Crippen LogP contribution in [0.2, 0.25) is 0 Å². The maximum absolute atomic E-state index is 12.4. The molecule has 0 saturated carbocycles. The number of sulfonamides is 1. The van der Waals surface area contributed by atoms with E-state index in [2.05, 4.69) is 10.6 Å². The number of benzene rings is 2. The lowest BCUT2D eigenvalue weighted by Gasteiger charge is -2.17. The van der Waals surface area contributed by atoms with Crippen molar-refractivity contribution in [2.75, 3.05) is 13.6 Å². The smallest absolute Gasteiger partial charge is 0.253 e. The molecule has 124 valence electrons. The average molecular weight is 342 g/mol. The van der Waals surface area contributed by atoms with Crippen LogP contribution in [0.3, 0.4) is 0 Å². The molecule has 0 saturated heterocycles. The maximum Gasteiger partial charge on any atom is 0.253 e. The van der Waals surface area contributed by atoms with Gasteiger partial charge in [0.15, 0.2) is 0 Å². The molecule has 2 aromatic carbocycles. The Balaban J connectivity index is 2.10. The number of hydrogen-bond acceptors (Lipinski definition) is 3. The van der Waals surface area contributed by atoms with Gasteiger partial charge in [-0.2, -0.15) is 4.72 Å². The summed E-state index contributed by atoms with van der Waals surface area (Å²) < 4.78 is 26.2. The molecule has 0 aliphatic carbocycles. The zero-order chi connectivity index (χ0) is 17.6. The van der Waals surface area contributed by atoms with Crippen LogP contribution in [0.25, 0.3) is 0 Å². The fraction of sp³-hybridized carbons (Fsp3) is 0.167. The Morgan fingerprint density at radius 2 is 1.75 bits per heavy atom. The Kier molecular flexibility index (Phi) is 5.74. The molecule has 0 bridgehead atoms.